The third-order valence-electron chi connectivity index (χ3n) is 5.71. The van der Waals surface area contributed by atoms with Crippen molar-refractivity contribution in [2.75, 3.05) is 39.3 Å². The first-order chi connectivity index (χ1) is 10.6. The summed E-state index contributed by atoms with van der Waals surface area (Å²) in [5.74, 6) is 1.81. The molecule has 2 heterocycles. The maximum Gasteiger partial charge on any atom is 0.0125 e. The van der Waals surface area contributed by atoms with Crippen LogP contribution in [0.15, 0.2) is 0 Å². The van der Waals surface area contributed by atoms with E-state index in [-0.39, 0.29) is 5.54 Å². The molecule has 3 heteroatoms. The Balaban J connectivity index is 1.64. The fraction of sp³-hybridized carbons (Fsp3) is 1.00. The molecule has 0 atom stereocenters. The highest BCUT2D eigenvalue weighted by Gasteiger charge is 2.29. The Morgan fingerprint density at radius 1 is 0.783 bits per heavy atom. The highest BCUT2D eigenvalue weighted by molar-refractivity contribution is 4.84. The molecule has 0 aromatic carbocycles. The molecule has 0 amide bonds. The summed E-state index contributed by atoms with van der Waals surface area (Å²) in [7, 11) is 0. The number of nitrogens with zero attached hydrogens (tertiary/aromatic N) is 2. The Labute approximate surface area is 145 Å². The van der Waals surface area contributed by atoms with Crippen LogP contribution in [0.5, 0.6) is 0 Å². The molecule has 0 aromatic rings. The van der Waals surface area contributed by atoms with Crippen molar-refractivity contribution in [1.29, 1.82) is 0 Å². The molecule has 0 unspecified atom stereocenters. The fourth-order valence-electron chi connectivity index (χ4n) is 3.98. The number of nitrogens with one attached hydrogen (secondary N) is 1. The molecule has 1 N–H and O–H groups in total. The molecule has 2 aliphatic rings. The second-order valence-electron chi connectivity index (χ2n) is 9.98. The molecule has 2 fully saturated rings. The van der Waals surface area contributed by atoms with Crippen molar-refractivity contribution in [1.82, 2.24) is 15.1 Å². The zero-order valence-electron chi connectivity index (χ0n) is 16.6. The van der Waals surface area contributed by atoms with Gasteiger partial charge in [-0.05, 0) is 112 Å². The molecule has 23 heavy (non-hydrogen) atoms. The lowest BCUT2D eigenvalue weighted by molar-refractivity contribution is 0.0674. The van der Waals surface area contributed by atoms with Crippen molar-refractivity contribution in [2.45, 2.75) is 78.3 Å². The van der Waals surface area contributed by atoms with Crippen molar-refractivity contribution < 1.29 is 0 Å². The normalized spacial score (nSPS) is 24.3. The first kappa shape index (κ1) is 19.2. The van der Waals surface area contributed by atoms with Gasteiger partial charge in [0.1, 0.15) is 0 Å². The predicted octanol–water partition coefficient (Wildman–Crippen LogP) is 3.60. The number of hydrogen-bond donors (Lipinski definition) is 1. The molecule has 0 aliphatic carbocycles. The van der Waals surface area contributed by atoms with Gasteiger partial charge in [0.15, 0.2) is 0 Å². The standard InChI is InChI=1S/C20H41N3/c1-19(2,3)21-15-17-7-11-22(12-8-17)16-18-9-13-23(14-10-18)20(4,5)6/h17-18,21H,7-16H2,1-6H3. The SMILES string of the molecule is CC(C)(C)NCC1CCN(CC2CCN(C(C)(C)C)CC2)CC1. The summed E-state index contributed by atoms with van der Waals surface area (Å²) in [6.07, 6.45) is 5.54. The number of piperidine rings is 2. The van der Waals surface area contributed by atoms with Crippen LogP contribution in [-0.4, -0.2) is 60.1 Å². The molecule has 136 valence electrons. The van der Waals surface area contributed by atoms with Crippen molar-refractivity contribution >= 4 is 0 Å². The highest BCUT2D eigenvalue weighted by Crippen LogP contribution is 2.26. The molecule has 0 saturated carbocycles. The molecule has 2 aliphatic heterocycles. The molecular formula is C20H41N3. The molecule has 2 saturated heterocycles. The Bertz CT molecular complexity index is 337. The van der Waals surface area contributed by atoms with Gasteiger partial charge in [0.2, 0.25) is 0 Å². The van der Waals surface area contributed by atoms with Gasteiger partial charge in [-0.15, -0.1) is 0 Å². The summed E-state index contributed by atoms with van der Waals surface area (Å²) in [4.78, 5) is 5.40. The quantitative estimate of drug-likeness (QED) is 0.853. The van der Waals surface area contributed by atoms with Crippen LogP contribution >= 0.6 is 0 Å². The van der Waals surface area contributed by atoms with Gasteiger partial charge >= 0.3 is 0 Å². The average Bonchev–Trinajstić information content (AvgIpc) is 2.45. The van der Waals surface area contributed by atoms with E-state index in [1.807, 2.05) is 0 Å². The van der Waals surface area contributed by atoms with Crippen LogP contribution < -0.4 is 5.32 Å². The van der Waals surface area contributed by atoms with Crippen LogP contribution in [0.4, 0.5) is 0 Å². The lowest BCUT2D eigenvalue weighted by Gasteiger charge is -2.42. The Morgan fingerprint density at radius 3 is 1.78 bits per heavy atom. The van der Waals surface area contributed by atoms with E-state index in [0.29, 0.717) is 5.54 Å². The van der Waals surface area contributed by atoms with Gasteiger partial charge in [-0.3, -0.25) is 4.90 Å². The summed E-state index contributed by atoms with van der Waals surface area (Å²) >= 11 is 0. The third kappa shape index (κ3) is 6.72. The van der Waals surface area contributed by atoms with Gasteiger partial charge < -0.3 is 10.2 Å². The van der Waals surface area contributed by atoms with Gasteiger partial charge in [0.25, 0.3) is 0 Å². The van der Waals surface area contributed by atoms with E-state index in [4.69, 9.17) is 0 Å². The maximum absolute atomic E-state index is 3.68. The summed E-state index contributed by atoms with van der Waals surface area (Å²) in [5, 5.41) is 3.68. The summed E-state index contributed by atoms with van der Waals surface area (Å²) < 4.78 is 0. The Kier molecular flexibility index (Phi) is 6.55. The van der Waals surface area contributed by atoms with E-state index < -0.39 is 0 Å². The molecule has 3 nitrogen and oxygen atoms in total. The summed E-state index contributed by atoms with van der Waals surface area (Å²) in [6.45, 7) is 21.6. The van der Waals surface area contributed by atoms with Gasteiger partial charge in [-0.2, -0.15) is 0 Å². The van der Waals surface area contributed by atoms with Crippen LogP contribution in [0.1, 0.15) is 67.2 Å². The van der Waals surface area contributed by atoms with Crippen molar-refractivity contribution in [3.8, 4) is 0 Å². The minimum atomic E-state index is 0.262. The van der Waals surface area contributed by atoms with Gasteiger partial charge in [-0.1, -0.05) is 0 Å². The Hall–Kier alpha value is -0.120. The summed E-state index contributed by atoms with van der Waals surface area (Å²) in [6, 6.07) is 0. The first-order valence-electron chi connectivity index (χ1n) is 9.86. The maximum atomic E-state index is 3.68. The van der Waals surface area contributed by atoms with Crippen LogP contribution in [0.25, 0.3) is 0 Å². The van der Waals surface area contributed by atoms with Crippen molar-refractivity contribution in [2.24, 2.45) is 11.8 Å². The minimum Gasteiger partial charge on any atom is -0.312 e. The zero-order valence-corrected chi connectivity index (χ0v) is 16.6. The van der Waals surface area contributed by atoms with Crippen LogP contribution in [-0.2, 0) is 0 Å². The molecule has 0 bridgehead atoms. The van der Waals surface area contributed by atoms with Crippen LogP contribution in [0.3, 0.4) is 0 Å². The van der Waals surface area contributed by atoms with Gasteiger partial charge in [0, 0.05) is 17.6 Å². The van der Waals surface area contributed by atoms with Gasteiger partial charge in [-0.25, -0.2) is 0 Å². The largest absolute Gasteiger partial charge is 0.312 e. The van der Waals surface area contributed by atoms with Crippen molar-refractivity contribution in [3.05, 3.63) is 0 Å². The highest BCUT2D eigenvalue weighted by atomic mass is 15.2. The molecular weight excluding hydrogens is 282 g/mol. The van der Waals surface area contributed by atoms with E-state index >= 15 is 0 Å². The molecule has 0 radical (unpaired) electrons. The van der Waals surface area contributed by atoms with Gasteiger partial charge in [0.05, 0.1) is 0 Å². The lowest BCUT2D eigenvalue weighted by atomic mass is 9.90. The number of likely N-dealkylation sites (tertiary alicyclic amines) is 2. The zero-order chi connectivity index (χ0) is 17.1. The second kappa shape index (κ2) is 7.84. The lowest BCUT2D eigenvalue weighted by Crippen LogP contribution is -2.48. The third-order valence-corrected chi connectivity index (χ3v) is 5.71. The second-order valence-corrected chi connectivity index (χ2v) is 9.98. The summed E-state index contributed by atoms with van der Waals surface area (Å²) in [5.41, 5.74) is 0.613. The van der Waals surface area contributed by atoms with E-state index in [1.54, 1.807) is 0 Å². The van der Waals surface area contributed by atoms with E-state index in [2.05, 4.69) is 56.7 Å². The number of hydrogen-bond acceptors (Lipinski definition) is 3. The number of rotatable bonds is 4. The molecule has 2 rings (SSSR count). The van der Waals surface area contributed by atoms with Crippen LogP contribution in [0, 0.1) is 11.8 Å². The van der Waals surface area contributed by atoms with E-state index in [0.717, 1.165) is 11.8 Å². The van der Waals surface area contributed by atoms with E-state index in [9.17, 15) is 0 Å². The Morgan fingerprint density at radius 2 is 1.30 bits per heavy atom. The van der Waals surface area contributed by atoms with Crippen molar-refractivity contribution in [3.63, 3.8) is 0 Å². The van der Waals surface area contributed by atoms with E-state index in [1.165, 1.54) is 65.0 Å². The molecule has 0 aromatic heterocycles. The minimum absolute atomic E-state index is 0.262. The fourth-order valence-corrected chi connectivity index (χ4v) is 3.98. The first-order valence-corrected chi connectivity index (χ1v) is 9.86. The topological polar surface area (TPSA) is 18.5 Å². The molecule has 0 spiro atoms. The van der Waals surface area contributed by atoms with Crippen LogP contribution in [0.2, 0.25) is 0 Å². The monoisotopic (exact) mass is 323 g/mol. The predicted molar refractivity (Wildman–Crippen MR) is 101 cm³/mol. The average molecular weight is 324 g/mol. The smallest absolute Gasteiger partial charge is 0.0125 e.